The van der Waals surface area contributed by atoms with Crippen molar-refractivity contribution in [3.05, 3.63) is 199 Å². The number of anilines is 9. The number of nitriles is 3. The second kappa shape index (κ2) is 16.2. The zero-order valence-electron chi connectivity index (χ0n) is 29.0. The summed E-state index contributed by atoms with van der Waals surface area (Å²) < 4.78 is 0. The molecule has 0 saturated heterocycles. The molecule has 258 valence electrons. The van der Waals surface area contributed by atoms with E-state index in [-0.39, 0.29) is 33.8 Å². The van der Waals surface area contributed by atoms with Gasteiger partial charge < -0.3 is 0 Å². The lowest BCUT2D eigenvalue weighted by Crippen LogP contribution is -2.30. The van der Waals surface area contributed by atoms with Gasteiger partial charge in [-0.05, 0) is 72.8 Å². The standard InChI is InChI=1S/C45H33N9/c46-31-40-43(49-52(34-19-7-1-8-20-34)35-21-9-2-10-22-35)41(32-47)45(51-54(38-27-15-5-16-28-38)39-29-17-6-18-30-39)42(33-48)44(40)50-53(36-23-11-3-12-24-36)37-25-13-4-14-26-37/h1-30,49-51H. The van der Waals surface area contributed by atoms with Gasteiger partial charge in [0.25, 0.3) is 0 Å². The molecular formula is C45H33N9. The van der Waals surface area contributed by atoms with Crippen LogP contribution in [0.2, 0.25) is 0 Å². The van der Waals surface area contributed by atoms with E-state index in [1.165, 1.54) is 0 Å². The lowest BCUT2D eigenvalue weighted by molar-refractivity contribution is 1.12. The second-order valence-corrected chi connectivity index (χ2v) is 11.9. The van der Waals surface area contributed by atoms with Crippen molar-refractivity contribution in [2.75, 3.05) is 31.3 Å². The Hall–Kier alpha value is -8.19. The first-order valence-corrected chi connectivity index (χ1v) is 17.1. The summed E-state index contributed by atoms with van der Waals surface area (Å²) in [6.07, 6.45) is 0. The van der Waals surface area contributed by atoms with Gasteiger partial charge in [0.2, 0.25) is 0 Å². The van der Waals surface area contributed by atoms with Crippen LogP contribution in [-0.2, 0) is 0 Å². The van der Waals surface area contributed by atoms with Crippen molar-refractivity contribution in [3.63, 3.8) is 0 Å². The van der Waals surface area contributed by atoms with E-state index in [0.717, 1.165) is 34.1 Å². The molecule has 0 bridgehead atoms. The number of nitrogens with one attached hydrogen (secondary N) is 3. The van der Waals surface area contributed by atoms with Gasteiger partial charge in [0.1, 0.15) is 34.9 Å². The fraction of sp³-hybridized carbons (Fsp3) is 0. The molecule has 54 heavy (non-hydrogen) atoms. The average molecular weight is 700 g/mol. The fourth-order valence-corrected chi connectivity index (χ4v) is 6.05. The maximum Gasteiger partial charge on any atom is 0.105 e. The zero-order chi connectivity index (χ0) is 37.1. The third-order valence-corrected chi connectivity index (χ3v) is 8.59. The van der Waals surface area contributed by atoms with Crippen molar-refractivity contribution in [2.24, 2.45) is 0 Å². The van der Waals surface area contributed by atoms with E-state index < -0.39 is 0 Å². The summed E-state index contributed by atoms with van der Waals surface area (Å²) >= 11 is 0. The molecule has 0 fully saturated rings. The molecule has 0 heterocycles. The highest BCUT2D eigenvalue weighted by Crippen LogP contribution is 2.43. The Kier molecular flexibility index (Phi) is 10.3. The van der Waals surface area contributed by atoms with Crippen LogP contribution in [-0.4, -0.2) is 0 Å². The molecule has 0 aliphatic heterocycles. The summed E-state index contributed by atoms with van der Waals surface area (Å²) in [4.78, 5) is 0. The first-order chi connectivity index (χ1) is 26.7. The Labute approximate surface area is 314 Å². The fourth-order valence-electron chi connectivity index (χ4n) is 6.05. The SMILES string of the molecule is N#Cc1c(NN(c2ccccc2)c2ccccc2)c(C#N)c(NN(c2ccccc2)c2ccccc2)c(C#N)c1NN(c1ccccc1)c1ccccc1. The van der Waals surface area contributed by atoms with Gasteiger partial charge in [-0.1, -0.05) is 109 Å². The van der Waals surface area contributed by atoms with Crippen LogP contribution in [0, 0.1) is 34.0 Å². The number of nitrogens with zero attached hydrogens (tertiary/aromatic N) is 6. The third-order valence-electron chi connectivity index (χ3n) is 8.59. The van der Waals surface area contributed by atoms with E-state index >= 15 is 0 Å². The van der Waals surface area contributed by atoms with Crippen LogP contribution in [0.1, 0.15) is 16.7 Å². The van der Waals surface area contributed by atoms with Crippen molar-refractivity contribution in [1.29, 1.82) is 15.8 Å². The van der Waals surface area contributed by atoms with Gasteiger partial charge in [-0.3, -0.25) is 31.3 Å². The lowest BCUT2D eigenvalue weighted by Gasteiger charge is -2.33. The van der Waals surface area contributed by atoms with Crippen LogP contribution in [0.3, 0.4) is 0 Å². The molecule has 3 N–H and O–H groups in total. The van der Waals surface area contributed by atoms with E-state index in [2.05, 4.69) is 34.5 Å². The van der Waals surface area contributed by atoms with Gasteiger partial charge in [-0.2, -0.15) is 15.8 Å². The molecule has 0 unspecified atom stereocenters. The smallest absolute Gasteiger partial charge is 0.105 e. The minimum Gasteiger partial charge on any atom is -0.291 e. The molecule has 0 amide bonds. The van der Waals surface area contributed by atoms with Gasteiger partial charge in [0.15, 0.2) is 0 Å². The van der Waals surface area contributed by atoms with Crippen molar-refractivity contribution in [2.45, 2.75) is 0 Å². The Morgan fingerprint density at radius 1 is 0.278 bits per heavy atom. The summed E-state index contributed by atoms with van der Waals surface area (Å²) in [5.41, 5.74) is 15.7. The van der Waals surface area contributed by atoms with Crippen molar-refractivity contribution in [1.82, 2.24) is 0 Å². The van der Waals surface area contributed by atoms with Crippen LogP contribution in [0.15, 0.2) is 182 Å². The molecule has 9 heteroatoms. The number of benzene rings is 7. The number of para-hydroxylation sites is 6. The first kappa shape index (κ1) is 34.3. The molecule has 0 aliphatic rings. The van der Waals surface area contributed by atoms with Gasteiger partial charge in [-0.25, -0.2) is 0 Å². The topological polar surface area (TPSA) is 117 Å². The Morgan fingerprint density at radius 3 is 0.593 bits per heavy atom. The normalized spacial score (nSPS) is 10.2. The van der Waals surface area contributed by atoms with Crippen molar-refractivity contribution >= 4 is 51.2 Å². The summed E-state index contributed by atoms with van der Waals surface area (Å²) in [5.74, 6) is 0. The van der Waals surface area contributed by atoms with Crippen LogP contribution in [0.5, 0.6) is 0 Å². The number of hydrogen-bond donors (Lipinski definition) is 3. The summed E-state index contributed by atoms with van der Waals surface area (Å²) in [6, 6.07) is 64.7. The predicted octanol–water partition coefficient (Wildman–Crippen LogP) is 10.8. The molecule has 0 saturated carbocycles. The van der Waals surface area contributed by atoms with Crippen molar-refractivity contribution < 1.29 is 0 Å². The maximum atomic E-state index is 11.1. The Balaban J connectivity index is 1.50. The monoisotopic (exact) mass is 699 g/mol. The van der Waals surface area contributed by atoms with Crippen LogP contribution < -0.4 is 31.3 Å². The summed E-state index contributed by atoms with van der Waals surface area (Å²) in [6.45, 7) is 0. The molecule has 9 nitrogen and oxygen atoms in total. The molecule has 0 radical (unpaired) electrons. The lowest BCUT2D eigenvalue weighted by atomic mass is 9.98. The number of hydrogen-bond acceptors (Lipinski definition) is 9. The molecule has 7 rings (SSSR count). The summed E-state index contributed by atoms with van der Waals surface area (Å²) in [5, 5.41) is 38.6. The molecule has 7 aromatic carbocycles. The first-order valence-electron chi connectivity index (χ1n) is 17.1. The Bertz CT molecular complexity index is 2020. The molecule has 7 aromatic rings. The van der Waals surface area contributed by atoms with E-state index in [4.69, 9.17) is 0 Å². The summed E-state index contributed by atoms with van der Waals surface area (Å²) in [7, 11) is 0. The largest absolute Gasteiger partial charge is 0.291 e. The van der Waals surface area contributed by atoms with Crippen LogP contribution in [0.25, 0.3) is 0 Å². The third kappa shape index (κ3) is 7.17. The van der Waals surface area contributed by atoms with Gasteiger partial charge >= 0.3 is 0 Å². The number of rotatable bonds is 12. The van der Waals surface area contributed by atoms with E-state index in [1.807, 2.05) is 197 Å². The van der Waals surface area contributed by atoms with Crippen LogP contribution >= 0.6 is 0 Å². The Morgan fingerprint density at radius 2 is 0.444 bits per heavy atom. The second-order valence-electron chi connectivity index (χ2n) is 11.9. The quantitative estimate of drug-likeness (QED) is 0.107. The molecule has 0 atom stereocenters. The van der Waals surface area contributed by atoms with Crippen molar-refractivity contribution in [3.8, 4) is 18.2 Å². The van der Waals surface area contributed by atoms with Gasteiger partial charge in [0, 0.05) is 0 Å². The maximum absolute atomic E-state index is 11.1. The van der Waals surface area contributed by atoms with Gasteiger partial charge in [-0.15, -0.1) is 0 Å². The molecule has 0 aliphatic carbocycles. The highest BCUT2D eigenvalue weighted by Gasteiger charge is 2.29. The number of hydrazine groups is 3. The highest BCUT2D eigenvalue weighted by atomic mass is 15.5. The molecule has 0 aromatic heterocycles. The van der Waals surface area contributed by atoms with E-state index in [1.54, 1.807) is 0 Å². The zero-order valence-corrected chi connectivity index (χ0v) is 29.0. The molecular weight excluding hydrogens is 667 g/mol. The molecule has 0 spiro atoms. The van der Waals surface area contributed by atoms with Gasteiger partial charge in [0.05, 0.1) is 51.2 Å². The predicted molar refractivity (Wildman–Crippen MR) is 217 cm³/mol. The minimum atomic E-state index is 0.0633. The highest BCUT2D eigenvalue weighted by molar-refractivity contribution is 5.94. The average Bonchev–Trinajstić information content (AvgIpc) is 3.25. The van der Waals surface area contributed by atoms with E-state index in [0.29, 0.717) is 0 Å². The van der Waals surface area contributed by atoms with E-state index in [9.17, 15) is 15.8 Å². The van der Waals surface area contributed by atoms with Crippen LogP contribution in [0.4, 0.5) is 51.2 Å². The minimum absolute atomic E-state index is 0.0633.